The Kier molecular flexibility index (Phi) is 6.46. The summed E-state index contributed by atoms with van der Waals surface area (Å²) in [5, 5.41) is 4.94. The van der Waals surface area contributed by atoms with Crippen molar-refractivity contribution in [3.63, 3.8) is 0 Å². The number of thiazole rings is 1. The number of hydrogen-bond acceptors (Lipinski definition) is 7. The van der Waals surface area contributed by atoms with Crippen molar-refractivity contribution < 1.29 is 19.1 Å². The molecule has 7 nitrogen and oxygen atoms in total. The number of anilines is 2. The van der Waals surface area contributed by atoms with Gasteiger partial charge in [-0.2, -0.15) is 0 Å². The zero-order valence-corrected chi connectivity index (χ0v) is 16.9. The van der Waals surface area contributed by atoms with E-state index in [0.29, 0.717) is 23.0 Å². The molecular formula is C21H21N3O4S. The van der Waals surface area contributed by atoms with Gasteiger partial charge in [0.05, 0.1) is 17.9 Å². The maximum atomic E-state index is 12.3. The number of hydrogen-bond donors (Lipinski definition) is 2. The minimum absolute atomic E-state index is 0.325. The maximum Gasteiger partial charge on any atom is 0.338 e. The molecule has 0 bridgehead atoms. The summed E-state index contributed by atoms with van der Waals surface area (Å²) in [5.74, 6) is -0.264. The van der Waals surface area contributed by atoms with E-state index in [4.69, 9.17) is 15.2 Å². The summed E-state index contributed by atoms with van der Waals surface area (Å²) in [7, 11) is 0. The fourth-order valence-corrected chi connectivity index (χ4v) is 3.18. The highest BCUT2D eigenvalue weighted by Crippen LogP contribution is 2.26. The normalized spacial score (nSPS) is 11.5. The van der Waals surface area contributed by atoms with Crippen LogP contribution in [0.2, 0.25) is 0 Å². The lowest BCUT2D eigenvalue weighted by Crippen LogP contribution is -2.29. The number of amides is 1. The standard InChI is InChI=1S/C21H21N3O4S/c1-3-27-17-10-6-14(7-11-17)18-12-29-21(23-18)24-19(25)13(2)28-20(26)15-4-8-16(22)9-5-15/h4-13H,3,22H2,1-2H3,(H,23,24,25). The molecule has 8 heteroatoms. The number of carbonyl (C=O) groups is 2. The fraction of sp³-hybridized carbons (Fsp3) is 0.190. The second-order valence-electron chi connectivity index (χ2n) is 6.15. The highest BCUT2D eigenvalue weighted by atomic mass is 32.1. The summed E-state index contributed by atoms with van der Waals surface area (Å²) in [6.07, 6.45) is -0.974. The molecule has 1 unspecified atom stereocenters. The largest absolute Gasteiger partial charge is 0.494 e. The first-order valence-corrected chi connectivity index (χ1v) is 9.90. The average molecular weight is 411 g/mol. The highest BCUT2D eigenvalue weighted by molar-refractivity contribution is 7.14. The lowest BCUT2D eigenvalue weighted by molar-refractivity contribution is -0.123. The number of carbonyl (C=O) groups excluding carboxylic acids is 2. The molecule has 29 heavy (non-hydrogen) atoms. The van der Waals surface area contributed by atoms with Crippen molar-refractivity contribution in [3.8, 4) is 17.0 Å². The van der Waals surface area contributed by atoms with Crippen LogP contribution < -0.4 is 15.8 Å². The molecule has 0 fully saturated rings. The molecule has 0 saturated heterocycles. The SMILES string of the molecule is CCOc1ccc(-c2csc(NC(=O)C(C)OC(=O)c3ccc(N)cc3)n2)cc1. The van der Waals surface area contributed by atoms with Gasteiger partial charge >= 0.3 is 5.97 Å². The Morgan fingerprint density at radius 1 is 1.14 bits per heavy atom. The van der Waals surface area contributed by atoms with Crippen molar-refractivity contribution in [1.29, 1.82) is 0 Å². The van der Waals surface area contributed by atoms with Gasteiger partial charge in [0.1, 0.15) is 5.75 Å². The van der Waals surface area contributed by atoms with E-state index in [9.17, 15) is 9.59 Å². The molecule has 0 aliphatic rings. The molecule has 1 heterocycles. The lowest BCUT2D eigenvalue weighted by atomic mass is 10.2. The number of ether oxygens (including phenoxy) is 2. The summed E-state index contributed by atoms with van der Waals surface area (Å²) < 4.78 is 10.6. The molecule has 1 aromatic heterocycles. The van der Waals surface area contributed by atoms with Gasteiger partial charge in [-0.25, -0.2) is 9.78 Å². The molecule has 1 amide bonds. The quantitative estimate of drug-likeness (QED) is 0.450. The Bertz CT molecular complexity index is 984. The van der Waals surface area contributed by atoms with Crippen LogP contribution in [0.15, 0.2) is 53.9 Å². The topological polar surface area (TPSA) is 104 Å². The number of aromatic nitrogens is 1. The Hall–Kier alpha value is -3.39. The Morgan fingerprint density at radius 2 is 1.83 bits per heavy atom. The number of rotatable bonds is 7. The lowest BCUT2D eigenvalue weighted by Gasteiger charge is -2.12. The molecule has 0 aliphatic heterocycles. The monoisotopic (exact) mass is 411 g/mol. The van der Waals surface area contributed by atoms with E-state index in [1.807, 2.05) is 36.6 Å². The smallest absolute Gasteiger partial charge is 0.338 e. The van der Waals surface area contributed by atoms with Crippen molar-refractivity contribution in [3.05, 3.63) is 59.5 Å². The summed E-state index contributed by atoms with van der Waals surface area (Å²) in [6.45, 7) is 4.04. The first kappa shape index (κ1) is 20.3. The second kappa shape index (κ2) is 9.20. The van der Waals surface area contributed by atoms with Gasteiger partial charge in [0.2, 0.25) is 0 Å². The Labute approximate surface area is 172 Å². The van der Waals surface area contributed by atoms with Gasteiger partial charge < -0.3 is 15.2 Å². The van der Waals surface area contributed by atoms with E-state index in [1.165, 1.54) is 18.3 Å². The molecular weight excluding hydrogens is 390 g/mol. The molecule has 3 rings (SSSR count). The summed E-state index contributed by atoms with van der Waals surface area (Å²) in [6, 6.07) is 13.8. The average Bonchev–Trinajstić information content (AvgIpc) is 3.17. The first-order valence-electron chi connectivity index (χ1n) is 9.02. The van der Waals surface area contributed by atoms with Crippen molar-refractivity contribution in [1.82, 2.24) is 4.98 Å². The van der Waals surface area contributed by atoms with Crippen molar-refractivity contribution in [2.45, 2.75) is 20.0 Å². The zero-order valence-electron chi connectivity index (χ0n) is 16.0. The van der Waals surface area contributed by atoms with Crippen LogP contribution in [0, 0.1) is 0 Å². The van der Waals surface area contributed by atoms with Crippen molar-refractivity contribution in [2.75, 3.05) is 17.7 Å². The van der Waals surface area contributed by atoms with Gasteiger partial charge in [-0.3, -0.25) is 10.1 Å². The summed E-state index contributed by atoms with van der Waals surface area (Å²) in [4.78, 5) is 28.9. The minimum Gasteiger partial charge on any atom is -0.494 e. The number of esters is 1. The number of nitrogens with one attached hydrogen (secondary N) is 1. The molecule has 1 atom stereocenters. The Morgan fingerprint density at radius 3 is 2.48 bits per heavy atom. The molecule has 0 spiro atoms. The minimum atomic E-state index is -0.974. The van der Waals surface area contributed by atoms with Crippen molar-refractivity contribution >= 4 is 34.0 Å². The molecule has 0 radical (unpaired) electrons. The number of nitrogens with two attached hydrogens (primary N) is 1. The van der Waals surface area contributed by atoms with Crippen molar-refractivity contribution in [2.24, 2.45) is 0 Å². The van der Waals surface area contributed by atoms with Crippen LogP contribution in [-0.4, -0.2) is 29.6 Å². The van der Waals surface area contributed by atoms with Gasteiger partial charge in [0.25, 0.3) is 5.91 Å². The number of benzene rings is 2. The number of nitrogens with zero attached hydrogens (tertiary/aromatic N) is 1. The van der Waals surface area contributed by atoms with Gasteiger partial charge in [0, 0.05) is 16.6 Å². The fourth-order valence-electron chi connectivity index (χ4n) is 2.46. The van der Waals surface area contributed by atoms with Gasteiger partial charge in [-0.05, 0) is 62.4 Å². The summed E-state index contributed by atoms with van der Waals surface area (Å²) >= 11 is 1.29. The van der Waals surface area contributed by atoms with Crippen LogP contribution in [0.5, 0.6) is 5.75 Å². The molecule has 0 saturated carbocycles. The molecule has 0 aliphatic carbocycles. The van der Waals surface area contributed by atoms with E-state index in [2.05, 4.69) is 10.3 Å². The molecule has 3 N–H and O–H groups in total. The predicted molar refractivity (Wildman–Crippen MR) is 113 cm³/mol. The van der Waals surface area contributed by atoms with Crippen LogP contribution in [0.1, 0.15) is 24.2 Å². The highest BCUT2D eigenvalue weighted by Gasteiger charge is 2.20. The Balaban J connectivity index is 1.59. The van der Waals surface area contributed by atoms with E-state index >= 15 is 0 Å². The molecule has 2 aromatic carbocycles. The van der Waals surface area contributed by atoms with E-state index in [0.717, 1.165) is 17.0 Å². The summed E-state index contributed by atoms with van der Waals surface area (Å²) in [5.41, 5.74) is 8.11. The van der Waals surface area contributed by atoms with Crippen LogP contribution >= 0.6 is 11.3 Å². The molecule has 150 valence electrons. The third-order valence-corrected chi connectivity index (χ3v) is 4.75. The maximum absolute atomic E-state index is 12.3. The zero-order chi connectivity index (χ0) is 20.8. The third kappa shape index (κ3) is 5.32. The first-order chi connectivity index (χ1) is 14.0. The van der Waals surface area contributed by atoms with E-state index in [-0.39, 0.29) is 0 Å². The van der Waals surface area contributed by atoms with E-state index < -0.39 is 18.0 Å². The predicted octanol–water partition coefficient (Wildman–Crippen LogP) is 3.98. The van der Waals surface area contributed by atoms with Crippen LogP contribution in [-0.2, 0) is 9.53 Å². The van der Waals surface area contributed by atoms with E-state index in [1.54, 1.807) is 24.3 Å². The van der Waals surface area contributed by atoms with Crippen LogP contribution in [0.4, 0.5) is 10.8 Å². The van der Waals surface area contributed by atoms with Crippen LogP contribution in [0.25, 0.3) is 11.3 Å². The second-order valence-corrected chi connectivity index (χ2v) is 7.01. The van der Waals surface area contributed by atoms with Gasteiger partial charge in [-0.1, -0.05) is 0 Å². The molecule has 3 aromatic rings. The third-order valence-electron chi connectivity index (χ3n) is 3.99. The van der Waals surface area contributed by atoms with Gasteiger partial charge in [-0.15, -0.1) is 11.3 Å². The number of nitrogen functional groups attached to an aromatic ring is 1. The van der Waals surface area contributed by atoms with Crippen LogP contribution in [0.3, 0.4) is 0 Å². The van der Waals surface area contributed by atoms with Gasteiger partial charge in [0.15, 0.2) is 11.2 Å².